The van der Waals surface area contributed by atoms with Crippen molar-refractivity contribution in [2.75, 3.05) is 11.6 Å². The molecule has 0 spiro atoms. The molecule has 0 saturated heterocycles. The lowest BCUT2D eigenvalue weighted by molar-refractivity contribution is -0.124. The van der Waals surface area contributed by atoms with Gasteiger partial charge in [0.15, 0.2) is 0 Å². The first-order valence-electron chi connectivity index (χ1n) is 9.58. The third kappa shape index (κ3) is 4.98. The molecule has 3 rings (SSSR count). The first-order chi connectivity index (χ1) is 13.9. The molecule has 7 heteroatoms. The molecule has 29 heavy (non-hydrogen) atoms. The van der Waals surface area contributed by atoms with E-state index in [0.29, 0.717) is 5.82 Å². The molecular formula is C22H26N4O2S. The van der Waals surface area contributed by atoms with Crippen molar-refractivity contribution in [2.24, 2.45) is 5.92 Å². The lowest BCUT2D eigenvalue weighted by atomic mass is 10.2. The zero-order valence-electron chi connectivity index (χ0n) is 17.1. The van der Waals surface area contributed by atoms with Gasteiger partial charge in [-0.25, -0.2) is 4.98 Å². The van der Waals surface area contributed by atoms with Crippen LogP contribution in [0.15, 0.2) is 53.4 Å². The highest BCUT2D eigenvalue weighted by atomic mass is 32.2. The SMILES string of the molecule is CSc1cccc(NC(=O)Cn2c(C(C)NC(=O)C(C)C)nc3ccccc32)c1. The van der Waals surface area contributed by atoms with Crippen LogP contribution < -0.4 is 10.6 Å². The number of nitrogens with one attached hydrogen (secondary N) is 2. The predicted octanol–water partition coefficient (Wildman–Crippen LogP) is 4.23. The van der Waals surface area contributed by atoms with Crippen molar-refractivity contribution < 1.29 is 9.59 Å². The third-order valence-corrected chi connectivity index (χ3v) is 5.34. The number of thioether (sulfide) groups is 1. The van der Waals surface area contributed by atoms with Gasteiger partial charge in [0.2, 0.25) is 11.8 Å². The molecule has 2 aromatic carbocycles. The monoisotopic (exact) mass is 410 g/mol. The number of aromatic nitrogens is 2. The van der Waals surface area contributed by atoms with Crippen LogP contribution in [-0.2, 0) is 16.1 Å². The predicted molar refractivity (Wildman–Crippen MR) is 118 cm³/mol. The second kappa shape index (κ2) is 9.13. The number of amides is 2. The van der Waals surface area contributed by atoms with Crippen molar-refractivity contribution in [3.63, 3.8) is 0 Å². The molecule has 0 aliphatic rings. The number of benzene rings is 2. The van der Waals surface area contributed by atoms with E-state index in [1.807, 2.05) is 80.1 Å². The van der Waals surface area contributed by atoms with Crippen LogP contribution in [-0.4, -0.2) is 27.6 Å². The summed E-state index contributed by atoms with van der Waals surface area (Å²) in [6, 6.07) is 15.1. The number of nitrogens with zero attached hydrogens (tertiary/aromatic N) is 2. The Morgan fingerprint density at radius 2 is 1.86 bits per heavy atom. The average molecular weight is 411 g/mol. The number of anilines is 1. The van der Waals surface area contributed by atoms with Gasteiger partial charge in [-0.2, -0.15) is 0 Å². The van der Waals surface area contributed by atoms with Crippen LogP contribution >= 0.6 is 11.8 Å². The molecule has 0 saturated carbocycles. The van der Waals surface area contributed by atoms with Crippen LogP contribution in [0.5, 0.6) is 0 Å². The number of imidazole rings is 1. The highest BCUT2D eigenvalue weighted by Crippen LogP contribution is 2.22. The maximum absolute atomic E-state index is 12.8. The van der Waals surface area contributed by atoms with Gasteiger partial charge in [-0.1, -0.05) is 32.0 Å². The van der Waals surface area contributed by atoms with Crippen LogP contribution in [0, 0.1) is 5.92 Å². The van der Waals surface area contributed by atoms with E-state index in [0.717, 1.165) is 21.6 Å². The molecule has 0 radical (unpaired) electrons. The Morgan fingerprint density at radius 1 is 1.10 bits per heavy atom. The number of fused-ring (bicyclic) bond motifs is 1. The molecule has 2 N–H and O–H groups in total. The molecule has 0 bridgehead atoms. The molecular weight excluding hydrogens is 384 g/mol. The van der Waals surface area contributed by atoms with Crippen LogP contribution in [0.3, 0.4) is 0 Å². The molecule has 1 atom stereocenters. The Morgan fingerprint density at radius 3 is 2.59 bits per heavy atom. The summed E-state index contributed by atoms with van der Waals surface area (Å²) in [6.07, 6.45) is 2.00. The zero-order valence-corrected chi connectivity index (χ0v) is 17.9. The smallest absolute Gasteiger partial charge is 0.244 e. The summed E-state index contributed by atoms with van der Waals surface area (Å²) in [7, 11) is 0. The van der Waals surface area contributed by atoms with Gasteiger partial charge < -0.3 is 15.2 Å². The first-order valence-corrected chi connectivity index (χ1v) is 10.8. The van der Waals surface area contributed by atoms with Gasteiger partial charge in [-0.3, -0.25) is 9.59 Å². The van der Waals surface area contributed by atoms with Crippen molar-refractivity contribution in [1.29, 1.82) is 0 Å². The normalized spacial score (nSPS) is 12.2. The summed E-state index contributed by atoms with van der Waals surface area (Å²) in [6.45, 7) is 5.70. The van der Waals surface area contributed by atoms with Gasteiger partial charge in [0.05, 0.1) is 17.1 Å². The van der Waals surface area contributed by atoms with E-state index in [-0.39, 0.29) is 30.3 Å². The van der Waals surface area contributed by atoms with E-state index in [4.69, 9.17) is 0 Å². The van der Waals surface area contributed by atoms with Crippen LogP contribution in [0.4, 0.5) is 5.69 Å². The molecule has 0 aliphatic heterocycles. The van der Waals surface area contributed by atoms with Crippen molar-refractivity contribution in [3.8, 4) is 0 Å². The van der Waals surface area contributed by atoms with Gasteiger partial charge >= 0.3 is 0 Å². The lowest BCUT2D eigenvalue weighted by Crippen LogP contribution is -2.32. The summed E-state index contributed by atoms with van der Waals surface area (Å²) in [4.78, 5) is 30.7. The maximum Gasteiger partial charge on any atom is 0.244 e. The number of hydrogen-bond acceptors (Lipinski definition) is 4. The number of para-hydroxylation sites is 2. The van der Waals surface area contributed by atoms with E-state index >= 15 is 0 Å². The van der Waals surface area contributed by atoms with Gasteiger partial charge in [0.1, 0.15) is 12.4 Å². The molecule has 1 aromatic heterocycles. The van der Waals surface area contributed by atoms with E-state index in [9.17, 15) is 9.59 Å². The van der Waals surface area contributed by atoms with Gasteiger partial charge in [0, 0.05) is 16.5 Å². The van der Waals surface area contributed by atoms with Gasteiger partial charge in [0.25, 0.3) is 0 Å². The molecule has 0 aliphatic carbocycles. The van der Waals surface area contributed by atoms with Crippen molar-refractivity contribution >= 4 is 40.3 Å². The summed E-state index contributed by atoms with van der Waals surface area (Å²) < 4.78 is 1.87. The quantitative estimate of drug-likeness (QED) is 0.572. The molecule has 152 valence electrons. The topological polar surface area (TPSA) is 76.0 Å². The Hall–Kier alpha value is -2.80. The Bertz CT molecular complexity index is 1030. The molecule has 3 aromatic rings. The standard InChI is InChI=1S/C22H26N4O2S/c1-14(2)22(28)23-15(3)21-25-18-10-5-6-11-19(18)26(21)13-20(27)24-16-8-7-9-17(12-16)29-4/h5-12,14-15H,13H2,1-4H3,(H,23,28)(H,24,27). The fourth-order valence-corrected chi connectivity index (χ4v) is 3.54. The van der Waals surface area contributed by atoms with E-state index in [1.165, 1.54) is 0 Å². The van der Waals surface area contributed by atoms with Crippen LogP contribution in [0.2, 0.25) is 0 Å². The molecule has 2 amide bonds. The molecule has 1 unspecified atom stereocenters. The Labute approximate surface area is 175 Å². The van der Waals surface area contributed by atoms with Gasteiger partial charge in [-0.15, -0.1) is 11.8 Å². The van der Waals surface area contributed by atoms with Crippen LogP contribution in [0.1, 0.15) is 32.6 Å². The minimum atomic E-state index is -0.315. The second-order valence-electron chi connectivity index (χ2n) is 7.21. The minimum Gasteiger partial charge on any atom is -0.346 e. The van der Waals surface area contributed by atoms with Gasteiger partial charge in [-0.05, 0) is 43.5 Å². The minimum absolute atomic E-state index is 0.0468. The first kappa shape index (κ1) is 20.9. The highest BCUT2D eigenvalue weighted by Gasteiger charge is 2.21. The second-order valence-corrected chi connectivity index (χ2v) is 8.09. The number of hydrogen-bond donors (Lipinski definition) is 2. The molecule has 1 heterocycles. The van der Waals surface area contributed by atoms with E-state index in [2.05, 4.69) is 15.6 Å². The van der Waals surface area contributed by atoms with Crippen molar-refractivity contribution in [3.05, 3.63) is 54.4 Å². The zero-order chi connectivity index (χ0) is 21.0. The number of rotatable bonds is 7. The fraction of sp³-hybridized carbons (Fsp3) is 0.318. The summed E-state index contributed by atoms with van der Waals surface area (Å²) in [5, 5.41) is 5.93. The lowest BCUT2D eigenvalue weighted by Gasteiger charge is -2.17. The van der Waals surface area contributed by atoms with E-state index in [1.54, 1.807) is 11.8 Å². The number of carbonyl (C=O) groups excluding carboxylic acids is 2. The third-order valence-electron chi connectivity index (χ3n) is 4.61. The Balaban J connectivity index is 1.86. The summed E-state index contributed by atoms with van der Waals surface area (Å²) >= 11 is 1.62. The molecule has 6 nitrogen and oxygen atoms in total. The van der Waals surface area contributed by atoms with E-state index < -0.39 is 0 Å². The van der Waals surface area contributed by atoms with Crippen molar-refractivity contribution in [1.82, 2.24) is 14.9 Å². The molecule has 0 fully saturated rings. The summed E-state index contributed by atoms with van der Waals surface area (Å²) in [5.41, 5.74) is 2.42. The summed E-state index contributed by atoms with van der Waals surface area (Å²) in [5.74, 6) is 0.347. The maximum atomic E-state index is 12.8. The number of carbonyl (C=O) groups is 2. The fourth-order valence-electron chi connectivity index (χ4n) is 3.08. The van der Waals surface area contributed by atoms with Crippen LogP contribution in [0.25, 0.3) is 11.0 Å². The Kier molecular flexibility index (Phi) is 6.59. The highest BCUT2D eigenvalue weighted by molar-refractivity contribution is 7.98. The van der Waals surface area contributed by atoms with Crippen molar-refractivity contribution in [2.45, 2.75) is 38.3 Å². The largest absolute Gasteiger partial charge is 0.346 e. The average Bonchev–Trinajstić information content (AvgIpc) is 3.06.